The van der Waals surface area contributed by atoms with Gasteiger partial charge in [-0.25, -0.2) is 4.39 Å². The van der Waals surface area contributed by atoms with Gasteiger partial charge in [0.25, 0.3) is 0 Å². The molecule has 1 saturated heterocycles. The summed E-state index contributed by atoms with van der Waals surface area (Å²) in [6.45, 7) is 4.06. The second-order valence-corrected chi connectivity index (χ2v) is 8.73. The van der Waals surface area contributed by atoms with E-state index in [-0.39, 0.29) is 29.6 Å². The number of hydrogen-bond acceptors (Lipinski definition) is 5. The normalized spacial score (nSPS) is 27.0. The number of carbonyl (C=O) groups excluding carboxylic acids is 1. The van der Waals surface area contributed by atoms with Crippen LogP contribution in [0.3, 0.4) is 0 Å². The van der Waals surface area contributed by atoms with Gasteiger partial charge in [0.2, 0.25) is 5.91 Å². The highest BCUT2D eigenvalue weighted by Crippen LogP contribution is 2.49. The molecule has 142 valence electrons. The maximum Gasteiger partial charge on any atom is 0.229 e. The number of rotatable bonds is 4. The zero-order chi connectivity index (χ0) is 18.5. The van der Waals surface area contributed by atoms with Crippen molar-refractivity contribution < 1.29 is 13.9 Å². The van der Waals surface area contributed by atoms with Crippen LogP contribution in [0, 0.1) is 30.5 Å². The summed E-state index contributed by atoms with van der Waals surface area (Å²) in [6.07, 6.45) is 2.49. The molecule has 0 unspecified atom stereocenters. The molecule has 2 fully saturated rings. The van der Waals surface area contributed by atoms with Crippen molar-refractivity contribution in [1.82, 2.24) is 9.27 Å². The summed E-state index contributed by atoms with van der Waals surface area (Å²) in [5.74, 6) is 1.07. The van der Waals surface area contributed by atoms with Gasteiger partial charge < -0.3 is 10.1 Å². The predicted octanol–water partition coefficient (Wildman–Crippen LogP) is 3.62. The largest absolute Gasteiger partial charge is 0.493 e. The van der Waals surface area contributed by atoms with Crippen LogP contribution in [0.15, 0.2) is 24.3 Å². The fourth-order valence-corrected chi connectivity index (χ4v) is 5.09. The number of ether oxygens (including phenoxy) is 1. The van der Waals surface area contributed by atoms with Gasteiger partial charge in [-0.1, -0.05) is 0 Å². The third kappa shape index (κ3) is 3.23. The number of hydrogen-bond donors (Lipinski definition) is 1. The Morgan fingerprint density at radius 1 is 1.41 bits per heavy atom. The van der Waals surface area contributed by atoms with Crippen molar-refractivity contribution in [3.05, 3.63) is 41.3 Å². The van der Waals surface area contributed by atoms with Crippen LogP contribution in [0.5, 0.6) is 5.75 Å². The van der Waals surface area contributed by atoms with Crippen LogP contribution in [-0.2, 0) is 4.79 Å². The van der Waals surface area contributed by atoms with E-state index in [9.17, 15) is 9.18 Å². The number of nitrogens with zero attached hydrogens (tertiary/aromatic N) is 2. The molecule has 7 heteroatoms. The zero-order valence-corrected chi connectivity index (χ0v) is 16.0. The quantitative estimate of drug-likeness (QED) is 0.871. The van der Waals surface area contributed by atoms with E-state index in [1.807, 2.05) is 13.0 Å². The molecule has 1 saturated carbocycles. The van der Waals surface area contributed by atoms with Gasteiger partial charge in [0.15, 0.2) is 0 Å². The van der Waals surface area contributed by atoms with Gasteiger partial charge in [-0.3, -0.25) is 9.69 Å². The van der Waals surface area contributed by atoms with Crippen LogP contribution in [0.1, 0.15) is 30.1 Å². The van der Waals surface area contributed by atoms with Crippen molar-refractivity contribution >= 4 is 22.4 Å². The molecule has 5 nitrogen and oxygen atoms in total. The van der Waals surface area contributed by atoms with E-state index in [1.54, 1.807) is 12.1 Å². The van der Waals surface area contributed by atoms with E-state index >= 15 is 0 Å². The molecule has 1 amide bonds. The van der Waals surface area contributed by atoms with E-state index in [4.69, 9.17) is 4.74 Å². The first-order chi connectivity index (χ1) is 13.1. The van der Waals surface area contributed by atoms with Gasteiger partial charge in [-0.15, -0.1) is 0 Å². The van der Waals surface area contributed by atoms with E-state index in [0.29, 0.717) is 19.1 Å². The Morgan fingerprint density at radius 2 is 2.26 bits per heavy atom. The third-order valence-corrected chi connectivity index (χ3v) is 6.67. The topological polar surface area (TPSA) is 54.5 Å². The van der Waals surface area contributed by atoms with Crippen molar-refractivity contribution in [2.45, 2.75) is 25.8 Å². The Labute approximate surface area is 161 Å². The lowest BCUT2D eigenvalue weighted by Crippen LogP contribution is -2.35. The number of benzene rings is 1. The second kappa shape index (κ2) is 6.56. The van der Waals surface area contributed by atoms with E-state index in [0.717, 1.165) is 28.6 Å². The fourth-order valence-electron chi connectivity index (χ4n) is 4.43. The monoisotopic (exact) mass is 387 g/mol. The Bertz CT molecular complexity index is 882. The number of nitrogens with one attached hydrogen (secondary N) is 1. The summed E-state index contributed by atoms with van der Waals surface area (Å²) in [6, 6.07) is 6.67. The lowest BCUT2D eigenvalue weighted by molar-refractivity contribution is -0.121. The highest BCUT2D eigenvalue weighted by atomic mass is 32.1. The Balaban J connectivity index is 1.43. The molecule has 3 aliphatic rings. The average Bonchev–Trinajstić information content (AvgIpc) is 3.25. The van der Waals surface area contributed by atoms with E-state index in [1.165, 1.54) is 30.4 Å². The number of amides is 1. The van der Waals surface area contributed by atoms with E-state index < -0.39 is 0 Å². The Morgan fingerprint density at radius 3 is 3.00 bits per heavy atom. The summed E-state index contributed by atoms with van der Waals surface area (Å²) in [5, 5.41) is 3.80. The molecule has 0 radical (unpaired) electrons. The van der Waals surface area contributed by atoms with Crippen LogP contribution in [0.2, 0.25) is 0 Å². The van der Waals surface area contributed by atoms with Crippen molar-refractivity contribution in [3.8, 4) is 5.75 Å². The molecule has 1 aromatic heterocycles. The predicted molar refractivity (Wildman–Crippen MR) is 101 cm³/mol. The second-order valence-electron chi connectivity index (χ2n) is 7.93. The lowest BCUT2D eigenvalue weighted by Gasteiger charge is -2.34. The first kappa shape index (κ1) is 17.1. The maximum absolute atomic E-state index is 13.9. The molecular weight excluding hydrogens is 365 g/mol. The first-order valence-electron chi connectivity index (χ1n) is 9.49. The van der Waals surface area contributed by atoms with Gasteiger partial charge in [0.1, 0.15) is 16.6 Å². The van der Waals surface area contributed by atoms with Crippen LogP contribution in [0.25, 0.3) is 0 Å². The summed E-state index contributed by atoms with van der Waals surface area (Å²) >= 11 is 1.30. The molecule has 1 aliphatic carbocycles. The summed E-state index contributed by atoms with van der Waals surface area (Å²) in [7, 11) is 0. The van der Waals surface area contributed by atoms with E-state index in [2.05, 4.69) is 14.6 Å². The van der Waals surface area contributed by atoms with Crippen LogP contribution < -0.4 is 10.1 Å². The minimum absolute atomic E-state index is 0.00963. The lowest BCUT2D eigenvalue weighted by atomic mass is 9.85. The number of halogens is 1. The molecular formula is C20H22FN3O2S. The molecule has 0 bridgehead atoms. The average molecular weight is 387 g/mol. The number of aryl methyl sites for hydroxylation is 1. The van der Waals surface area contributed by atoms with Crippen LogP contribution in [-0.4, -0.2) is 34.9 Å². The van der Waals surface area contributed by atoms with Gasteiger partial charge in [-0.2, -0.15) is 4.37 Å². The summed E-state index contributed by atoms with van der Waals surface area (Å²) in [5.41, 5.74) is 1.79. The van der Waals surface area contributed by atoms with Gasteiger partial charge in [-0.05, 0) is 61.5 Å². The van der Waals surface area contributed by atoms with Crippen molar-refractivity contribution in [2.24, 2.45) is 17.8 Å². The van der Waals surface area contributed by atoms with Gasteiger partial charge >= 0.3 is 0 Å². The van der Waals surface area contributed by atoms with Crippen molar-refractivity contribution in [2.75, 3.05) is 25.0 Å². The molecule has 3 atom stereocenters. The summed E-state index contributed by atoms with van der Waals surface area (Å²) < 4.78 is 24.1. The van der Waals surface area contributed by atoms with Crippen LogP contribution >= 0.6 is 11.5 Å². The molecule has 0 spiro atoms. The number of fused-ring (bicyclic) bond motifs is 3. The van der Waals surface area contributed by atoms with Gasteiger partial charge in [0, 0.05) is 30.6 Å². The number of anilines is 1. The van der Waals surface area contributed by atoms with Crippen molar-refractivity contribution in [1.29, 1.82) is 0 Å². The maximum atomic E-state index is 13.9. The summed E-state index contributed by atoms with van der Waals surface area (Å²) in [4.78, 5) is 15.4. The zero-order valence-electron chi connectivity index (χ0n) is 15.2. The highest BCUT2D eigenvalue weighted by molar-refractivity contribution is 7.10. The minimum Gasteiger partial charge on any atom is -0.493 e. The molecule has 5 rings (SSSR count). The molecule has 2 aliphatic heterocycles. The van der Waals surface area contributed by atoms with Crippen molar-refractivity contribution in [3.63, 3.8) is 0 Å². The molecule has 27 heavy (non-hydrogen) atoms. The number of likely N-dealkylation sites (tertiary alicyclic amines) is 1. The first-order valence-corrected chi connectivity index (χ1v) is 10.3. The SMILES string of the molecule is Cc1cc(NC(=O)[C@@H]2CN(CC3CC3)[C@H]3c4cc(F)ccc4OC[C@@H]23)sn1. The molecule has 3 heterocycles. The Kier molecular flexibility index (Phi) is 4.16. The third-order valence-electron chi connectivity index (χ3n) is 5.87. The molecule has 1 aromatic carbocycles. The standard InChI is InChI=1S/C20H22FN3O2S/c1-11-6-18(27-23-11)22-20(25)15-9-24(8-12-2-3-12)19-14-7-13(21)4-5-17(14)26-10-16(15)19/h4-7,12,15-16,19H,2-3,8-10H2,1H3,(H,22,25)/t15-,16+,19+/m1/s1. The number of carbonyl (C=O) groups is 1. The molecule has 1 N–H and O–H groups in total. The smallest absolute Gasteiger partial charge is 0.229 e. The Hall–Kier alpha value is -1.99. The highest BCUT2D eigenvalue weighted by Gasteiger charge is 2.50. The number of aromatic nitrogens is 1. The van der Waals surface area contributed by atoms with Gasteiger partial charge in [0.05, 0.1) is 18.2 Å². The minimum atomic E-state index is -0.252. The fraction of sp³-hybridized carbons (Fsp3) is 0.500. The van der Waals surface area contributed by atoms with Crippen LogP contribution in [0.4, 0.5) is 9.39 Å². The molecule has 2 aromatic rings.